The first-order valence-electron chi connectivity index (χ1n) is 7.24. The highest BCUT2D eigenvalue weighted by molar-refractivity contribution is 5.74. The number of hydrogen-bond donors (Lipinski definition) is 3. The molecular weight excluding hydrogens is 282 g/mol. The molecule has 2 amide bonds. The predicted octanol–water partition coefficient (Wildman–Crippen LogP) is 2.55. The van der Waals surface area contributed by atoms with Crippen LogP contribution < -0.4 is 10.6 Å². The van der Waals surface area contributed by atoms with Crippen LogP contribution in [0.1, 0.15) is 43.7 Å². The molecule has 3 atom stereocenters. The van der Waals surface area contributed by atoms with E-state index in [9.17, 15) is 9.90 Å². The lowest BCUT2D eigenvalue weighted by Crippen LogP contribution is -2.42. The number of amides is 2. The number of carbonyl (C=O) groups excluding carboxylic acids is 1. The second-order valence-corrected chi connectivity index (χ2v) is 5.29. The highest BCUT2D eigenvalue weighted by Crippen LogP contribution is 2.18. The first-order valence-corrected chi connectivity index (χ1v) is 7.24. The maximum absolute atomic E-state index is 12.0. The molecule has 0 saturated heterocycles. The molecule has 2 heterocycles. The van der Waals surface area contributed by atoms with Gasteiger partial charge in [0.15, 0.2) is 0 Å². The number of aliphatic hydroxyl groups excluding tert-OH is 1. The van der Waals surface area contributed by atoms with Crippen LogP contribution in [0.25, 0.3) is 0 Å². The minimum atomic E-state index is -0.733. The van der Waals surface area contributed by atoms with E-state index in [1.165, 1.54) is 6.26 Å². The van der Waals surface area contributed by atoms with Gasteiger partial charge in [-0.3, -0.25) is 4.98 Å². The molecule has 6 heteroatoms. The van der Waals surface area contributed by atoms with Crippen LogP contribution in [-0.4, -0.2) is 22.2 Å². The van der Waals surface area contributed by atoms with Gasteiger partial charge >= 0.3 is 6.03 Å². The average Bonchev–Trinajstić information content (AvgIpc) is 3.02. The van der Waals surface area contributed by atoms with Gasteiger partial charge in [-0.1, -0.05) is 0 Å². The van der Waals surface area contributed by atoms with E-state index in [0.717, 1.165) is 5.56 Å². The van der Waals surface area contributed by atoms with Gasteiger partial charge < -0.3 is 20.2 Å². The zero-order valence-corrected chi connectivity index (χ0v) is 12.7. The van der Waals surface area contributed by atoms with Crippen molar-refractivity contribution in [3.63, 3.8) is 0 Å². The van der Waals surface area contributed by atoms with Crippen molar-refractivity contribution in [3.05, 3.63) is 54.2 Å². The lowest BCUT2D eigenvalue weighted by molar-refractivity contribution is 0.129. The fourth-order valence-electron chi connectivity index (χ4n) is 2.19. The van der Waals surface area contributed by atoms with Crippen molar-refractivity contribution < 1.29 is 14.3 Å². The van der Waals surface area contributed by atoms with E-state index in [1.807, 2.05) is 26.0 Å². The van der Waals surface area contributed by atoms with Gasteiger partial charge in [0, 0.05) is 24.9 Å². The van der Waals surface area contributed by atoms with E-state index >= 15 is 0 Å². The fourth-order valence-corrected chi connectivity index (χ4v) is 2.19. The Morgan fingerprint density at radius 3 is 2.64 bits per heavy atom. The van der Waals surface area contributed by atoms with Crippen LogP contribution in [0.15, 0.2) is 47.3 Å². The van der Waals surface area contributed by atoms with E-state index in [1.54, 1.807) is 24.5 Å². The second-order valence-electron chi connectivity index (χ2n) is 5.29. The molecule has 3 unspecified atom stereocenters. The number of urea groups is 1. The molecular formula is C16H21N3O3. The van der Waals surface area contributed by atoms with Crippen LogP contribution in [0, 0.1) is 0 Å². The number of aromatic nitrogens is 1. The quantitative estimate of drug-likeness (QED) is 0.765. The SMILES string of the molecule is CC(CC(O)c1ccco1)NC(=O)NC(C)c1ccncc1. The number of carbonyl (C=O) groups is 1. The fraction of sp³-hybridized carbons (Fsp3) is 0.375. The molecule has 2 rings (SSSR count). The highest BCUT2D eigenvalue weighted by atomic mass is 16.4. The lowest BCUT2D eigenvalue weighted by Gasteiger charge is -2.19. The molecule has 2 aromatic heterocycles. The third kappa shape index (κ3) is 4.60. The summed E-state index contributed by atoms with van der Waals surface area (Å²) < 4.78 is 5.14. The Balaban J connectivity index is 1.79. The first kappa shape index (κ1) is 16.0. The van der Waals surface area contributed by atoms with E-state index in [0.29, 0.717) is 12.2 Å². The third-order valence-electron chi connectivity index (χ3n) is 3.38. The summed E-state index contributed by atoms with van der Waals surface area (Å²) in [6.07, 6.45) is 4.54. The van der Waals surface area contributed by atoms with Gasteiger partial charge in [0.25, 0.3) is 0 Å². The zero-order valence-electron chi connectivity index (χ0n) is 12.7. The van der Waals surface area contributed by atoms with Crippen molar-refractivity contribution >= 4 is 6.03 Å². The Labute approximate surface area is 129 Å². The van der Waals surface area contributed by atoms with Gasteiger partial charge in [-0.2, -0.15) is 0 Å². The van der Waals surface area contributed by atoms with Gasteiger partial charge in [-0.25, -0.2) is 4.79 Å². The van der Waals surface area contributed by atoms with Crippen LogP contribution in [0.2, 0.25) is 0 Å². The molecule has 3 N–H and O–H groups in total. The molecule has 0 aliphatic heterocycles. The van der Waals surface area contributed by atoms with E-state index in [4.69, 9.17) is 4.42 Å². The average molecular weight is 303 g/mol. The van der Waals surface area contributed by atoms with Gasteiger partial charge in [-0.15, -0.1) is 0 Å². The minimum absolute atomic E-state index is 0.120. The Hall–Kier alpha value is -2.34. The summed E-state index contributed by atoms with van der Waals surface area (Å²) in [5.74, 6) is 0.499. The van der Waals surface area contributed by atoms with E-state index in [2.05, 4.69) is 15.6 Å². The molecule has 0 bridgehead atoms. The highest BCUT2D eigenvalue weighted by Gasteiger charge is 2.17. The molecule has 0 aliphatic carbocycles. The number of aliphatic hydroxyl groups is 1. The Bertz CT molecular complexity index is 572. The third-order valence-corrected chi connectivity index (χ3v) is 3.38. The summed E-state index contributed by atoms with van der Waals surface area (Å²) in [6, 6.07) is 6.56. The lowest BCUT2D eigenvalue weighted by atomic mass is 10.1. The summed E-state index contributed by atoms with van der Waals surface area (Å²) in [5.41, 5.74) is 0.980. The standard InChI is InChI=1S/C16H21N3O3/c1-11(10-14(20)15-4-3-9-22-15)18-16(21)19-12(2)13-5-7-17-8-6-13/h3-9,11-12,14,20H,10H2,1-2H3,(H2,18,19,21). The van der Waals surface area contributed by atoms with Gasteiger partial charge in [0.1, 0.15) is 11.9 Å². The van der Waals surface area contributed by atoms with Crippen molar-refractivity contribution in [1.82, 2.24) is 15.6 Å². The van der Waals surface area contributed by atoms with Crippen LogP contribution in [0.4, 0.5) is 4.79 Å². The summed E-state index contributed by atoms with van der Waals surface area (Å²) in [4.78, 5) is 15.9. The summed E-state index contributed by atoms with van der Waals surface area (Å²) in [7, 11) is 0. The van der Waals surface area contributed by atoms with Gasteiger partial charge in [-0.05, 0) is 43.7 Å². The number of pyridine rings is 1. The normalized spacial score (nSPS) is 14.9. The van der Waals surface area contributed by atoms with Crippen molar-refractivity contribution in [2.75, 3.05) is 0 Å². The number of hydrogen-bond acceptors (Lipinski definition) is 4. The first-order chi connectivity index (χ1) is 10.6. The Kier molecular flexibility index (Phi) is 5.55. The molecule has 0 aliphatic rings. The Morgan fingerprint density at radius 2 is 2.00 bits per heavy atom. The van der Waals surface area contributed by atoms with Crippen molar-refractivity contribution in [2.24, 2.45) is 0 Å². The van der Waals surface area contributed by atoms with Crippen LogP contribution in [0.5, 0.6) is 0 Å². The van der Waals surface area contributed by atoms with Crippen LogP contribution >= 0.6 is 0 Å². The summed E-state index contributed by atoms with van der Waals surface area (Å²) in [5, 5.41) is 15.6. The molecule has 2 aromatic rings. The van der Waals surface area contributed by atoms with E-state index < -0.39 is 6.10 Å². The number of nitrogens with one attached hydrogen (secondary N) is 2. The maximum Gasteiger partial charge on any atom is 0.315 e. The topological polar surface area (TPSA) is 87.4 Å². The van der Waals surface area contributed by atoms with Crippen molar-refractivity contribution in [2.45, 2.75) is 38.5 Å². The van der Waals surface area contributed by atoms with Crippen LogP contribution in [-0.2, 0) is 0 Å². The van der Waals surface area contributed by atoms with E-state index in [-0.39, 0.29) is 18.1 Å². The molecule has 0 radical (unpaired) electrons. The largest absolute Gasteiger partial charge is 0.467 e. The van der Waals surface area contributed by atoms with Crippen molar-refractivity contribution in [1.29, 1.82) is 0 Å². The molecule has 0 aromatic carbocycles. The Morgan fingerprint density at radius 1 is 1.27 bits per heavy atom. The molecule has 0 fully saturated rings. The molecule has 6 nitrogen and oxygen atoms in total. The van der Waals surface area contributed by atoms with Crippen molar-refractivity contribution in [3.8, 4) is 0 Å². The monoisotopic (exact) mass is 303 g/mol. The smallest absolute Gasteiger partial charge is 0.315 e. The van der Waals surface area contributed by atoms with Gasteiger partial charge in [0.05, 0.1) is 12.3 Å². The van der Waals surface area contributed by atoms with Crippen LogP contribution in [0.3, 0.4) is 0 Å². The minimum Gasteiger partial charge on any atom is -0.467 e. The molecule has 22 heavy (non-hydrogen) atoms. The molecule has 0 saturated carbocycles. The zero-order chi connectivity index (χ0) is 15.9. The number of rotatable bonds is 6. The summed E-state index contributed by atoms with van der Waals surface area (Å²) in [6.45, 7) is 3.74. The summed E-state index contributed by atoms with van der Waals surface area (Å²) >= 11 is 0. The molecule has 0 spiro atoms. The van der Waals surface area contributed by atoms with Gasteiger partial charge in [0.2, 0.25) is 0 Å². The predicted molar refractivity (Wildman–Crippen MR) is 82.1 cm³/mol. The number of nitrogens with zero attached hydrogens (tertiary/aromatic N) is 1. The molecule has 118 valence electrons. The number of furan rings is 1. The maximum atomic E-state index is 12.0. The second kappa shape index (κ2) is 7.61.